The smallest absolute Gasteiger partial charge is 0.405 e. The third-order valence-electron chi connectivity index (χ3n) is 7.36. The number of allylic oxidation sites excluding steroid dienone is 9. The van der Waals surface area contributed by atoms with Crippen molar-refractivity contribution in [2.45, 2.75) is 102 Å². The van der Waals surface area contributed by atoms with Crippen LogP contribution < -0.4 is 5.73 Å². The summed E-state index contributed by atoms with van der Waals surface area (Å²) in [6.07, 6.45) is 7.61. The van der Waals surface area contributed by atoms with Gasteiger partial charge in [0.25, 0.3) is 0 Å². The number of carboxylic acid groups (broad SMARTS) is 1. The number of carbonyl (C=O) groups excluding carboxylic acids is 2. The first-order chi connectivity index (χ1) is 21.7. The lowest BCUT2D eigenvalue weighted by molar-refractivity contribution is -0.156. The van der Waals surface area contributed by atoms with E-state index in [0.717, 1.165) is 5.57 Å². The van der Waals surface area contributed by atoms with E-state index >= 15 is 0 Å². The summed E-state index contributed by atoms with van der Waals surface area (Å²) in [5.41, 5.74) is 5.88. The molecule has 1 aliphatic carbocycles. The van der Waals surface area contributed by atoms with Crippen molar-refractivity contribution in [3.05, 3.63) is 71.4 Å². The quantitative estimate of drug-likeness (QED) is 0.0486. The van der Waals surface area contributed by atoms with Gasteiger partial charge in [-0.2, -0.15) is 0 Å². The number of primary amides is 1. The fourth-order valence-electron chi connectivity index (χ4n) is 4.64. The number of nitrogens with two attached hydrogens (primary N) is 1. The second-order valence-electron chi connectivity index (χ2n) is 11.2. The van der Waals surface area contributed by atoms with Gasteiger partial charge in [0.1, 0.15) is 18.3 Å². The number of hydrogen-bond donors (Lipinski definition) is 7. The normalized spacial score (nSPS) is 23.8. The van der Waals surface area contributed by atoms with Gasteiger partial charge in [0.05, 0.1) is 30.3 Å². The molecule has 46 heavy (non-hydrogen) atoms. The van der Waals surface area contributed by atoms with Gasteiger partial charge in [0, 0.05) is 29.9 Å². The number of ether oxygens (including phenoxy) is 2. The number of carbonyl (C=O) groups is 3. The number of esters is 1. The molecule has 0 bridgehead atoms. The molecule has 8 N–H and O–H groups in total. The predicted molar refractivity (Wildman–Crippen MR) is 172 cm³/mol. The third-order valence-corrected chi connectivity index (χ3v) is 7.83. The summed E-state index contributed by atoms with van der Waals surface area (Å²) in [5, 5.41) is 61.1. The van der Waals surface area contributed by atoms with Crippen LogP contribution in [0.5, 0.6) is 0 Å². The van der Waals surface area contributed by atoms with Gasteiger partial charge in [-0.3, -0.25) is 4.79 Å². The molecule has 0 saturated heterocycles. The van der Waals surface area contributed by atoms with E-state index in [9.17, 15) is 39.9 Å². The number of aliphatic hydroxyl groups excluding tert-OH is 5. The fourth-order valence-corrected chi connectivity index (χ4v) is 4.85. The second-order valence-corrected chi connectivity index (χ2v) is 11.7. The van der Waals surface area contributed by atoms with Crippen LogP contribution in [-0.4, -0.2) is 91.4 Å². The van der Waals surface area contributed by atoms with Crippen molar-refractivity contribution in [2.24, 2.45) is 17.6 Å². The van der Waals surface area contributed by atoms with Gasteiger partial charge in [-0.25, -0.2) is 9.59 Å². The monoisotopic (exact) mass is 669 g/mol. The Morgan fingerprint density at radius 3 is 2.24 bits per heavy atom. The Morgan fingerprint density at radius 2 is 1.63 bits per heavy atom. The molecule has 12 nitrogen and oxygen atoms in total. The number of hydrogen-bond acceptors (Lipinski definition) is 10. The van der Waals surface area contributed by atoms with E-state index in [1.54, 1.807) is 49.5 Å². The summed E-state index contributed by atoms with van der Waals surface area (Å²) in [6, 6.07) is 0. The van der Waals surface area contributed by atoms with Gasteiger partial charge < -0.3 is 45.8 Å². The van der Waals surface area contributed by atoms with Gasteiger partial charge in [0.2, 0.25) is 0 Å². The number of aliphatic hydroxyl groups is 5. The lowest BCUT2D eigenvalue weighted by Gasteiger charge is -2.30. The molecule has 0 radical (unpaired) electrons. The predicted octanol–water partition coefficient (Wildman–Crippen LogP) is 3.17. The molecule has 1 rings (SSSR count). The van der Waals surface area contributed by atoms with Crippen molar-refractivity contribution in [1.29, 1.82) is 0 Å². The van der Waals surface area contributed by atoms with Crippen LogP contribution >= 0.6 is 11.6 Å². The van der Waals surface area contributed by atoms with Crippen LogP contribution in [0.1, 0.15) is 59.3 Å². The molecule has 0 aromatic carbocycles. The van der Waals surface area contributed by atoms with Crippen LogP contribution in [0.15, 0.2) is 71.4 Å². The van der Waals surface area contributed by atoms with Crippen molar-refractivity contribution < 1.29 is 54.5 Å². The number of carboxylic acids is 1. The molecule has 258 valence electrons. The summed E-state index contributed by atoms with van der Waals surface area (Å²) in [4.78, 5) is 34.2. The Morgan fingerprint density at radius 1 is 0.978 bits per heavy atom. The molecular weight excluding hydrogens is 622 g/mol. The van der Waals surface area contributed by atoms with E-state index in [2.05, 4.69) is 0 Å². The standard InChI is InChI=1S/C33H48ClNO11/c1-4-5-12-24(45-33(35)44)18-23(36)19-27(38)31(41)30(40)21(3)25(34)13-8-6-10-20(2)11-7-9-14-29(39)46-28-16-15-22(32(42)43)17-26(28)37/h5-14,21-24,26-28,30-31,36-38,40-41H,4,15-19H2,1-3H3,(H2,35,44)(H,42,43)/b8-6+,11-7+,12-5+,14-9+,20-10+,25-13-/t21?,22-,23?,24?,26+,27?,28-,30?,31?/m0/s1. The van der Waals surface area contributed by atoms with Crippen molar-refractivity contribution in [1.82, 2.24) is 0 Å². The second kappa shape index (κ2) is 21.5. The van der Waals surface area contributed by atoms with Crippen LogP contribution in [0.4, 0.5) is 4.79 Å². The molecule has 1 amide bonds. The van der Waals surface area contributed by atoms with Crippen LogP contribution in [-0.2, 0) is 19.1 Å². The first-order valence-electron chi connectivity index (χ1n) is 15.2. The molecule has 13 heteroatoms. The van der Waals surface area contributed by atoms with Gasteiger partial charge in [-0.15, -0.1) is 0 Å². The minimum atomic E-state index is -1.62. The maximum Gasteiger partial charge on any atom is 0.405 e. The Bertz CT molecular complexity index is 1160. The molecule has 0 aromatic heterocycles. The van der Waals surface area contributed by atoms with E-state index in [-0.39, 0.29) is 30.7 Å². The van der Waals surface area contributed by atoms with Crippen molar-refractivity contribution in [3.8, 4) is 0 Å². The largest absolute Gasteiger partial charge is 0.481 e. The van der Waals surface area contributed by atoms with E-state index in [1.165, 1.54) is 18.2 Å². The van der Waals surface area contributed by atoms with Crippen LogP contribution in [0.2, 0.25) is 0 Å². The summed E-state index contributed by atoms with van der Waals surface area (Å²) in [5.74, 6) is -3.01. The van der Waals surface area contributed by atoms with Crippen molar-refractivity contribution in [2.75, 3.05) is 0 Å². The maximum atomic E-state index is 12.0. The fraction of sp³-hybridized carbons (Fsp3) is 0.545. The average Bonchev–Trinajstić information content (AvgIpc) is 2.99. The Kier molecular flexibility index (Phi) is 19.1. The molecule has 1 aliphatic rings. The Labute approximate surface area is 274 Å². The highest BCUT2D eigenvalue weighted by Gasteiger charge is 2.35. The van der Waals surface area contributed by atoms with Gasteiger partial charge in [0.15, 0.2) is 0 Å². The highest BCUT2D eigenvalue weighted by Crippen LogP contribution is 2.27. The summed E-state index contributed by atoms with van der Waals surface area (Å²) < 4.78 is 10.2. The molecule has 1 saturated carbocycles. The maximum absolute atomic E-state index is 12.0. The molecule has 0 aliphatic heterocycles. The topological polar surface area (TPSA) is 217 Å². The molecule has 9 atom stereocenters. The third kappa shape index (κ3) is 15.8. The molecule has 6 unspecified atom stereocenters. The van der Waals surface area contributed by atoms with Crippen LogP contribution in [0.25, 0.3) is 0 Å². The van der Waals surface area contributed by atoms with Crippen molar-refractivity contribution >= 4 is 29.6 Å². The Hall–Kier alpha value is -3.26. The molecule has 0 aromatic rings. The number of aliphatic carboxylic acids is 1. The van der Waals surface area contributed by atoms with Crippen molar-refractivity contribution in [3.63, 3.8) is 0 Å². The molecule has 0 spiro atoms. The minimum absolute atomic E-state index is 0.0423. The lowest BCUT2D eigenvalue weighted by Crippen LogP contribution is -2.43. The SMILES string of the molecule is CC/C=C/C(CC(O)CC(O)C(O)C(O)C(C)/C(Cl)=C/C=C/C=C(C)/C=C/C=C/C(=O)O[C@H]1CC[C@H](C(=O)O)C[C@H]1O)OC(N)=O. The van der Waals surface area contributed by atoms with E-state index in [0.29, 0.717) is 12.8 Å². The summed E-state index contributed by atoms with van der Waals surface area (Å²) in [7, 11) is 0. The van der Waals surface area contributed by atoms with E-state index < -0.39 is 72.6 Å². The zero-order valence-electron chi connectivity index (χ0n) is 26.4. The summed E-state index contributed by atoms with van der Waals surface area (Å²) in [6.45, 7) is 5.26. The molecule has 0 heterocycles. The first kappa shape index (κ1) is 40.8. The van der Waals surface area contributed by atoms with Gasteiger partial charge in [-0.1, -0.05) is 73.6 Å². The molecule has 1 fully saturated rings. The lowest BCUT2D eigenvalue weighted by atomic mass is 9.85. The van der Waals surface area contributed by atoms with Crippen LogP contribution in [0, 0.1) is 11.8 Å². The zero-order chi connectivity index (χ0) is 34.8. The highest BCUT2D eigenvalue weighted by molar-refractivity contribution is 6.30. The summed E-state index contributed by atoms with van der Waals surface area (Å²) >= 11 is 6.30. The van der Waals surface area contributed by atoms with Crippen LogP contribution in [0.3, 0.4) is 0 Å². The zero-order valence-corrected chi connectivity index (χ0v) is 27.1. The Balaban J connectivity index is 2.58. The van der Waals surface area contributed by atoms with E-state index in [1.807, 2.05) is 13.8 Å². The molecular formula is C33H48ClNO11. The van der Waals surface area contributed by atoms with Gasteiger partial charge in [-0.05, 0) is 44.8 Å². The number of halogens is 1. The average molecular weight is 670 g/mol. The highest BCUT2D eigenvalue weighted by atomic mass is 35.5. The minimum Gasteiger partial charge on any atom is -0.481 e. The number of amides is 1. The number of rotatable bonds is 18. The first-order valence-corrected chi connectivity index (χ1v) is 15.6. The van der Waals surface area contributed by atoms with E-state index in [4.69, 9.17) is 31.9 Å². The van der Waals surface area contributed by atoms with Gasteiger partial charge >= 0.3 is 18.0 Å².